The predicted octanol–water partition coefficient (Wildman–Crippen LogP) is 3.75. The van der Waals surface area contributed by atoms with Crippen LogP contribution in [0.4, 0.5) is 5.13 Å². The van der Waals surface area contributed by atoms with Gasteiger partial charge in [0, 0.05) is 11.5 Å². The van der Waals surface area contributed by atoms with Crippen molar-refractivity contribution in [2.75, 3.05) is 11.1 Å². The molecule has 0 saturated heterocycles. The van der Waals surface area contributed by atoms with Crippen molar-refractivity contribution < 1.29 is 9.21 Å². The second-order valence-corrected chi connectivity index (χ2v) is 7.62. The number of nitrogens with one attached hydrogen (secondary N) is 1. The lowest BCUT2D eigenvalue weighted by Crippen LogP contribution is -2.13. The van der Waals surface area contributed by atoms with Crippen LogP contribution in [-0.2, 0) is 4.79 Å². The van der Waals surface area contributed by atoms with Crippen LogP contribution >= 0.6 is 23.1 Å². The molecule has 0 fully saturated rings. The smallest absolute Gasteiger partial charge is 0.277 e. The fourth-order valence-electron chi connectivity index (χ4n) is 1.96. The molecule has 0 spiro atoms. The summed E-state index contributed by atoms with van der Waals surface area (Å²) in [6, 6.07) is 7.81. The molecule has 130 valence electrons. The summed E-state index contributed by atoms with van der Waals surface area (Å²) in [6.07, 6.45) is 0. The van der Waals surface area contributed by atoms with Crippen LogP contribution in [0.1, 0.15) is 30.3 Å². The minimum Gasteiger partial charge on any atom is -0.411 e. The van der Waals surface area contributed by atoms with Crippen molar-refractivity contribution in [3.63, 3.8) is 0 Å². The zero-order chi connectivity index (χ0) is 17.8. The van der Waals surface area contributed by atoms with E-state index in [1.54, 1.807) is 0 Å². The van der Waals surface area contributed by atoms with Gasteiger partial charge in [0.05, 0.1) is 5.75 Å². The highest BCUT2D eigenvalue weighted by Gasteiger charge is 2.13. The number of amides is 1. The predicted molar refractivity (Wildman–Crippen MR) is 97.8 cm³/mol. The summed E-state index contributed by atoms with van der Waals surface area (Å²) < 4.78 is 5.60. The molecular formula is C16H17N5O2S2. The van der Waals surface area contributed by atoms with Crippen LogP contribution in [-0.4, -0.2) is 32.1 Å². The van der Waals surface area contributed by atoms with E-state index in [-0.39, 0.29) is 17.6 Å². The quantitative estimate of drug-likeness (QED) is 0.656. The fourth-order valence-corrected chi connectivity index (χ4v) is 3.29. The molecule has 0 atom stereocenters. The van der Waals surface area contributed by atoms with Gasteiger partial charge in [-0.15, -0.1) is 20.4 Å². The van der Waals surface area contributed by atoms with E-state index in [1.807, 2.05) is 45.0 Å². The SMILES string of the molecule is Cc1cccc(-c2nnc(SCC(=O)Nc3nnc(C(C)C)s3)o2)c1. The number of hydrogen-bond donors (Lipinski definition) is 1. The second kappa shape index (κ2) is 7.75. The lowest BCUT2D eigenvalue weighted by molar-refractivity contribution is -0.113. The maximum atomic E-state index is 12.0. The van der Waals surface area contributed by atoms with Gasteiger partial charge < -0.3 is 4.42 Å². The molecule has 1 N–H and O–H groups in total. The van der Waals surface area contributed by atoms with Crippen molar-refractivity contribution in [1.29, 1.82) is 0 Å². The van der Waals surface area contributed by atoms with Crippen LogP contribution in [0, 0.1) is 6.92 Å². The molecule has 2 heterocycles. The van der Waals surface area contributed by atoms with Crippen molar-refractivity contribution in [2.45, 2.75) is 31.9 Å². The molecule has 0 aliphatic carbocycles. The summed E-state index contributed by atoms with van der Waals surface area (Å²) in [7, 11) is 0. The van der Waals surface area contributed by atoms with Crippen LogP contribution in [0.15, 0.2) is 33.9 Å². The summed E-state index contributed by atoms with van der Waals surface area (Å²) in [5, 5.41) is 20.5. The molecular weight excluding hydrogens is 358 g/mol. The standard InChI is InChI=1S/C16H17N5O2S2/c1-9(2)14-19-20-15(25-14)17-12(22)8-24-16-21-18-13(23-16)11-6-4-5-10(3)7-11/h4-7,9H,8H2,1-3H3,(H,17,20,22). The molecule has 0 unspecified atom stereocenters. The summed E-state index contributed by atoms with van der Waals surface area (Å²) >= 11 is 2.56. The first kappa shape index (κ1) is 17.6. The van der Waals surface area contributed by atoms with Crippen molar-refractivity contribution >= 4 is 34.1 Å². The topological polar surface area (TPSA) is 93.8 Å². The lowest BCUT2D eigenvalue weighted by Gasteiger charge is -1.99. The summed E-state index contributed by atoms with van der Waals surface area (Å²) in [4.78, 5) is 12.0. The van der Waals surface area contributed by atoms with Gasteiger partial charge in [0.2, 0.25) is 16.9 Å². The first-order valence-corrected chi connectivity index (χ1v) is 9.48. The van der Waals surface area contributed by atoms with E-state index >= 15 is 0 Å². The Morgan fingerprint density at radius 3 is 2.84 bits per heavy atom. The summed E-state index contributed by atoms with van der Waals surface area (Å²) in [5.41, 5.74) is 1.97. The van der Waals surface area contributed by atoms with Gasteiger partial charge in [0.25, 0.3) is 5.22 Å². The highest BCUT2D eigenvalue weighted by molar-refractivity contribution is 7.99. The molecule has 0 aliphatic heterocycles. The number of carbonyl (C=O) groups excluding carboxylic acids is 1. The molecule has 7 nitrogen and oxygen atoms in total. The third-order valence-corrected chi connectivity index (χ3v) is 5.14. The monoisotopic (exact) mass is 375 g/mol. The summed E-state index contributed by atoms with van der Waals surface area (Å²) in [6.45, 7) is 6.06. The second-order valence-electron chi connectivity index (χ2n) is 5.68. The molecule has 2 aromatic heterocycles. The van der Waals surface area contributed by atoms with Crippen LogP contribution in [0.3, 0.4) is 0 Å². The zero-order valence-corrected chi connectivity index (χ0v) is 15.6. The van der Waals surface area contributed by atoms with E-state index < -0.39 is 0 Å². The number of aromatic nitrogens is 4. The van der Waals surface area contributed by atoms with Gasteiger partial charge in [-0.3, -0.25) is 10.1 Å². The molecule has 0 aliphatic rings. The number of rotatable bonds is 6. The number of aryl methyl sites for hydroxylation is 1. The first-order chi connectivity index (χ1) is 12.0. The molecule has 1 amide bonds. The number of hydrogen-bond acceptors (Lipinski definition) is 8. The molecule has 9 heteroatoms. The molecule has 0 bridgehead atoms. The van der Waals surface area contributed by atoms with Gasteiger partial charge in [-0.25, -0.2) is 0 Å². The van der Waals surface area contributed by atoms with Crippen molar-refractivity contribution in [2.24, 2.45) is 0 Å². The van der Waals surface area contributed by atoms with E-state index in [9.17, 15) is 4.79 Å². The van der Waals surface area contributed by atoms with Crippen LogP contribution in [0.5, 0.6) is 0 Å². The van der Waals surface area contributed by atoms with Crippen LogP contribution in [0.25, 0.3) is 11.5 Å². The van der Waals surface area contributed by atoms with Crippen LogP contribution in [0.2, 0.25) is 0 Å². The van der Waals surface area contributed by atoms with E-state index in [0.29, 0.717) is 16.2 Å². The fraction of sp³-hybridized carbons (Fsp3) is 0.312. The number of anilines is 1. The molecule has 3 rings (SSSR count). The molecule has 25 heavy (non-hydrogen) atoms. The van der Waals surface area contributed by atoms with E-state index in [4.69, 9.17) is 4.42 Å². The maximum absolute atomic E-state index is 12.0. The van der Waals surface area contributed by atoms with Gasteiger partial charge in [-0.1, -0.05) is 54.6 Å². The van der Waals surface area contributed by atoms with Crippen molar-refractivity contribution in [1.82, 2.24) is 20.4 Å². The first-order valence-electron chi connectivity index (χ1n) is 7.68. The third kappa shape index (κ3) is 4.64. The Labute approximate surface area is 153 Å². The van der Waals surface area contributed by atoms with E-state index in [0.717, 1.165) is 16.1 Å². The van der Waals surface area contributed by atoms with Gasteiger partial charge in [0.15, 0.2) is 0 Å². The van der Waals surface area contributed by atoms with E-state index in [1.165, 1.54) is 23.1 Å². The number of benzene rings is 1. The Bertz CT molecular complexity index is 875. The molecule has 3 aromatic rings. The Morgan fingerprint density at radius 2 is 2.12 bits per heavy atom. The average molecular weight is 375 g/mol. The Hall–Kier alpha value is -2.26. The summed E-state index contributed by atoms with van der Waals surface area (Å²) in [5.74, 6) is 0.700. The Balaban J connectivity index is 1.55. The van der Waals surface area contributed by atoms with Crippen molar-refractivity contribution in [3.05, 3.63) is 34.8 Å². The van der Waals surface area contributed by atoms with Crippen LogP contribution < -0.4 is 5.32 Å². The normalized spacial score (nSPS) is 11.0. The van der Waals surface area contributed by atoms with Gasteiger partial charge in [-0.05, 0) is 19.1 Å². The van der Waals surface area contributed by atoms with Gasteiger partial charge in [-0.2, -0.15) is 0 Å². The highest BCUT2D eigenvalue weighted by Crippen LogP contribution is 2.25. The highest BCUT2D eigenvalue weighted by atomic mass is 32.2. The minimum absolute atomic E-state index is 0.159. The Kier molecular flexibility index (Phi) is 5.44. The molecule has 0 radical (unpaired) electrons. The lowest BCUT2D eigenvalue weighted by atomic mass is 10.1. The minimum atomic E-state index is -0.188. The molecule has 0 saturated carbocycles. The van der Waals surface area contributed by atoms with Crippen molar-refractivity contribution in [3.8, 4) is 11.5 Å². The van der Waals surface area contributed by atoms with E-state index in [2.05, 4.69) is 25.7 Å². The molecule has 1 aromatic carbocycles. The van der Waals surface area contributed by atoms with Gasteiger partial charge in [0.1, 0.15) is 5.01 Å². The number of nitrogens with zero attached hydrogens (tertiary/aromatic N) is 4. The third-order valence-electron chi connectivity index (χ3n) is 3.18. The number of carbonyl (C=O) groups is 1. The largest absolute Gasteiger partial charge is 0.411 e. The number of thioether (sulfide) groups is 1. The average Bonchev–Trinajstić information content (AvgIpc) is 3.22. The Morgan fingerprint density at radius 1 is 1.28 bits per heavy atom. The zero-order valence-electron chi connectivity index (χ0n) is 14.0. The maximum Gasteiger partial charge on any atom is 0.277 e. The van der Waals surface area contributed by atoms with Gasteiger partial charge >= 0.3 is 0 Å².